The molecule has 0 fully saturated rings. The second kappa shape index (κ2) is 7.71. The van der Waals surface area contributed by atoms with Crippen molar-refractivity contribution in [2.24, 2.45) is 0 Å². The minimum absolute atomic E-state index is 0.0387. The number of unbranched alkanes of at least 4 members (excludes halogenated alkanes) is 1. The van der Waals surface area contributed by atoms with Gasteiger partial charge >= 0.3 is 12.1 Å². The molecule has 100 valence electrons. The minimum Gasteiger partial charge on any atom is -0.481 e. The van der Waals surface area contributed by atoms with Crippen molar-refractivity contribution in [2.75, 3.05) is 13.2 Å². The number of hydrogen-bond donors (Lipinski definition) is 2. The van der Waals surface area contributed by atoms with Gasteiger partial charge in [0.1, 0.15) is 0 Å². The lowest BCUT2D eigenvalue weighted by atomic mass is 10.0. The lowest BCUT2D eigenvalue weighted by Crippen LogP contribution is -2.32. The molecule has 1 unspecified atom stereocenters. The van der Waals surface area contributed by atoms with Gasteiger partial charge in [0, 0.05) is 6.54 Å². The quantitative estimate of drug-likeness (QED) is 0.747. The summed E-state index contributed by atoms with van der Waals surface area (Å²) in [7, 11) is 0. The van der Waals surface area contributed by atoms with E-state index < -0.39 is 18.0 Å². The Balaban J connectivity index is 2.39. The summed E-state index contributed by atoms with van der Waals surface area (Å²) >= 11 is 1.43. The van der Waals surface area contributed by atoms with Crippen LogP contribution in [0.4, 0.5) is 4.79 Å². The molecule has 1 aromatic heterocycles. The number of hydrogen-bond acceptors (Lipinski definition) is 4. The molecular formula is C12H17NO4S. The van der Waals surface area contributed by atoms with Crippen molar-refractivity contribution in [2.45, 2.75) is 25.7 Å². The highest BCUT2D eigenvalue weighted by Gasteiger charge is 2.21. The van der Waals surface area contributed by atoms with Gasteiger partial charge < -0.3 is 15.2 Å². The van der Waals surface area contributed by atoms with Crippen molar-refractivity contribution in [3.8, 4) is 0 Å². The fraction of sp³-hybridized carbons (Fsp3) is 0.500. The third-order valence-corrected chi connectivity index (χ3v) is 3.13. The highest BCUT2D eigenvalue weighted by Crippen LogP contribution is 2.18. The molecule has 0 aliphatic rings. The maximum absolute atomic E-state index is 11.3. The smallest absolute Gasteiger partial charge is 0.407 e. The van der Waals surface area contributed by atoms with Gasteiger partial charge in [-0.05, 0) is 28.8 Å². The first-order valence-corrected chi connectivity index (χ1v) is 6.75. The van der Waals surface area contributed by atoms with Gasteiger partial charge in [0.25, 0.3) is 0 Å². The number of carboxylic acids is 1. The third-order valence-electron chi connectivity index (χ3n) is 2.43. The van der Waals surface area contributed by atoms with Crippen molar-refractivity contribution in [3.63, 3.8) is 0 Å². The average molecular weight is 271 g/mol. The van der Waals surface area contributed by atoms with Crippen molar-refractivity contribution in [1.29, 1.82) is 0 Å². The van der Waals surface area contributed by atoms with E-state index in [0.717, 1.165) is 12.8 Å². The van der Waals surface area contributed by atoms with Gasteiger partial charge in [0.2, 0.25) is 0 Å². The molecule has 1 amide bonds. The Morgan fingerprint density at radius 2 is 2.33 bits per heavy atom. The monoisotopic (exact) mass is 271 g/mol. The summed E-state index contributed by atoms with van der Waals surface area (Å²) in [5, 5.41) is 15.1. The second-order valence-electron chi connectivity index (χ2n) is 3.82. The van der Waals surface area contributed by atoms with E-state index in [1.165, 1.54) is 11.3 Å². The van der Waals surface area contributed by atoms with E-state index in [1.54, 1.807) is 11.4 Å². The number of rotatable bonds is 7. The molecular weight excluding hydrogens is 254 g/mol. The predicted molar refractivity (Wildman–Crippen MR) is 69.0 cm³/mol. The molecule has 0 radical (unpaired) electrons. The predicted octanol–water partition coefficient (Wildman–Crippen LogP) is 2.44. The van der Waals surface area contributed by atoms with Crippen LogP contribution in [0.3, 0.4) is 0 Å². The fourth-order valence-corrected chi connectivity index (χ4v) is 2.08. The summed E-state index contributed by atoms with van der Waals surface area (Å²) < 4.78 is 4.89. The standard InChI is InChI=1S/C12H17NO4S/c1-2-3-5-17-12(16)13-7-10(11(14)15)9-4-6-18-8-9/h4,6,8,10H,2-3,5,7H2,1H3,(H,13,16)(H,14,15). The van der Waals surface area contributed by atoms with Gasteiger partial charge in [0.05, 0.1) is 12.5 Å². The summed E-state index contributed by atoms with van der Waals surface area (Å²) in [6.07, 6.45) is 1.19. The number of carboxylic acid groups (broad SMARTS) is 1. The number of aliphatic carboxylic acids is 1. The van der Waals surface area contributed by atoms with Crippen LogP contribution in [-0.4, -0.2) is 30.3 Å². The van der Waals surface area contributed by atoms with Crippen LogP contribution in [0.2, 0.25) is 0 Å². The Hall–Kier alpha value is -1.56. The molecule has 1 atom stereocenters. The Morgan fingerprint density at radius 3 is 2.89 bits per heavy atom. The lowest BCUT2D eigenvalue weighted by molar-refractivity contribution is -0.138. The molecule has 1 aromatic rings. The fourth-order valence-electron chi connectivity index (χ4n) is 1.37. The topological polar surface area (TPSA) is 75.6 Å². The molecule has 6 heteroatoms. The van der Waals surface area contributed by atoms with Gasteiger partial charge in [0.15, 0.2) is 0 Å². The zero-order chi connectivity index (χ0) is 13.4. The number of carbonyl (C=O) groups is 2. The molecule has 2 N–H and O–H groups in total. The number of nitrogens with one attached hydrogen (secondary N) is 1. The summed E-state index contributed by atoms with van der Waals surface area (Å²) in [6, 6.07) is 1.74. The van der Waals surface area contributed by atoms with Gasteiger partial charge in [-0.1, -0.05) is 13.3 Å². The number of ether oxygens (including phenoxy) is 1. The van der Waals surface area contributed by atoms with Crippen LogP contribution in [0.25, 0.3) is 0 Å². The molecule has 1 heterocycles. The van der Waals surface area contributed by atoms with E-state index in [-0.39, 0.29) is 6.54 Å². The molecule has 0 aliphatic carbocycles. The first kappa shape index (κ1) is 14.5. The molecule has 0 bridgehead atoms. The van der Waals surface area contributed by atoms with Crippen LogP contribution in [0.1, 0.15) is 31.2 Å². The first-order valence-electron chi connectivity index (χ1n) is 5.80. The molecule has 5 nitrogen and oxygen atoms in total. The van der Waals surface area contributed by atoms with Crippen molar-refractivity contribution in [1.82, 2.24) is 5.32 Å². The Bertz CT molecular complexity index is 377. The molecule has 0 saturated carbocycles. The molecule has 1 rings (SSSR count). The van der Waals surface area contributed by atoms with Crippen LogP contribution < -0.4 is 5.32 Å². The van der Waals surface area contributed by atoms with Gasteiger partial charge in [-0.25, -0.2) is 4.79 Å². The number of amides is 1. The zero-order valence-corrected chi connectivity index (χ0v) is 11.0. The van der Waals surface area contributed by atoms with Crippen LogP contribution in [0.5, 0.6) is 0 Å². The number of carbonyl (C=O) groups excluding carboxylic acids is 1. The Labute approximate surface area is 110 Å². The highest BCUT2D eigenvalue weighted by atomic mass is 32.1. The van der Waals surface area contributed by atoms with Crippen LogP contribution in [-0.2, 0) is 9.53 Å². The molecule has 0 aliphatic heterocycles. The maximum atomic E-state index is 11.3. The van der Waals surface area contributed by atoms with Crippen LogP contribution in [0.15, 0.2) is 16.8 Å². The van der Waals surface area contributed by atoms with E-state index in [0.29, 0.717) is 12.2 Å². The van der Waals surface area contributed by atoms with E-state index in [1.807, 2.05) is 12.3 Å². The zero-order valence-electron chi connectivity index (χ0n) is 10.2. The molecule has 18 heavy (non-hydrogen) atoms. The Morgan fingerprint density at radius 1 is 1.56 bits per heavy atom. The summed E-state index contributed by atoms with van der Waals surface area (Å²) in [5.41, 5.74) is 0.696. The first-order chi connectivity index (χ1) is 8.65. The maximum Gasteiger partial charge on any atom is 0.407 e. The summed E-state index contributed by atoms with van der Waals surface area (Å²) in [5.74, 6) is -1.68. The molecule has 0 aromatic carbocycles. The van der Waals surface area contributed by atoms with Crippen LogP contribution in [0, 0.1) is 0 Å². The van der Waals surface area contributed by atoms with Gasteiger partial charge in [-0.15, -0.1) is 0 Å². The lowest BCUT2D eigenvalue weighted by Gasteiger charge is -2.12. The SMILES string of the molecule is CCCCOC(=O)NCC(C(=O)O)c1ccsc1. The molecule has 0 spiro atoms. The number of alkyl carbamates (subject to hydrolysis) is 1. The highest BCUT2D eigenvalue weighted by molar-refractivity contribution is 7.08. The summed E-state index contributed by atoms with van der Waals surface area (Å²) in [6.45, 7) is 2.40. The van der Waals surface area contributed by atoms with Crippen molar-refractivity contribution >= 4 is 23.4 Å². The van der Waals surface area contributed by atoms with Crippen LogP contribution >= 0.6 is 11.3 Å². The van der Waals surface area contributed by atoms with E-state index >= 15 is 0 Å². The van der Waals surface area contributed by atoms with Gasteiger partial charge in [-0.3, -0.25) is 4.79 Å². The van der Waals surface area contributed by atoms with Gasteiger partial charge in [-0.2, -0.15) is 11.3 Å². The average Bonchev–Trinajstić information content (AvgIpc) is 2.83. The molecule has 0 saturated heterocycles. The normalized spacial score (nSPS) is 11.8. The third kappa shape index (κ3) is 4.75. The van der Waals surface area contributed by atoms with E-state index in [4.69, 9.17) is 9.84 Å². The number of thiophene rings is 1. The summed E-state index contributed by atoms with van der Waals surface area (Å²) in [4.78, 5) is 22.4. The van der Waals surface area contributed by atoms with E-state index in [2.05, 4.69) is 5.32 Å². The Kier molecular flexibility index (Phi) is 6.21. The van der Waals surface area contributed by atoms with E-state index in [9.17, 15) is 9.59 Å². The van der Waals surface area contributed by atoms with Crippen molar-refractivity contribution in [3.05, 3.63) is 22.4 Å². The minimum atomic E-state index is -0.956. The van der Waals surface area contributed by atoms with Crippen molar-refractivity contribution < 1.29 is 19.4 Å². The largest absolute Gasteiger partial charge is 0.481 e. The second-order valence-corrected chi connectivity index (χ2v) is 4.60.